The molecule has 0 saturated heterocycles. The number of rotatable bonds is 11. The van der Waals surface area contributed by atoms with Gasteiger partial charge in [-0.1, -0.05) is 6.92 Å². The Kier molecular flexibility index (Phi) is 14.4. The maximum atomic E-state index is 4.71. The van der Waals surface area contributed by atoms with Crippen LogP contribution in [0.25, 0.3) is 0 Å². The number of nitrogens with one attached hydrogen (secondary N) is 2. The van der Waals surface area contributed by atoms with Gasteiger partial charge in [-0.3, -0.25) is 9.89 Å². The first-order chi connectivity index (χ1) is 12.0. The van der Waals surface area contributed by atoms with E-state index in [1.807, 2.05) is 17.5 Å². The van der Waals surface area contributed by atoms with E-state index in [1.165, 1.54) is 9.88 Å². The first kappa shape index (κ1) is 25.6. The van der Waals surface area contributed by atoms with E-state index >= 15 is 0 Å². The van der Waals surface area contributed by atoms with Crippen LogP contribution >= 0.6 is 35.3 Å². The molecule has 0 fully saturated rings. The third-order valence-electron chi connectivity index (χ3n) is 4.10. The molecule has 0 aliphatic heterocycles. The quantitative estimate of drug-likeness (QED) is 0.212. The van der Waals surface area contributed by atoms with Crippen molar-refractivity contribution < 1.29 is 0 Å². The summed E-state index contributed by atoms with van der Waals surface area (Å²) in [7, 11) is 0. The van der Waals surface area contributed by atoms with Crippen molar-refractivity contribution >= 4 is 41.3 Å². The van der Waals surface area contributed by atoms with Gasteiger partial charge in [0.25, 0.3) is 0 Å². The highest BCUT2D eigenvalue weighted by molar-refractivity contribution is 14.0. The zero-order chi connectivity index (χ0) is 18.7. The molecule has 1 heterocycles. The lowest BCUT2D eigenvalue weighted by Gasteiger charge is -2.30. The first-order valence-corrected chi connectivity index (χ1v) is 10.5. The zero-order valence-corrected chi connectivity index (χ0v) is 20.5. The lowest BCUT2D eigenvalue weighted by molar-refractivity contribution is 0.174. The van der Waals surface area contributed by atoms with Gasteiger partial charge in [0.15, 0.2) is 5.96 Å². The van der Waals surface area contributed by atoms with Crippen LogP contribution < -0.4 is 10.6 Å². The summed E-state index contributed by atoms with van der Waals surface area (Å²) in [5.41, 5.74) is 0. The van der Waals surface area contributed by atoms with E-state index in [2.05, 4.69) is 62.1 Å². The summed E-state index contributed by atoms with van der Waals surface area (Å²) < 4.78 is 0. The molecule has 152 valence electrons. The van der Waals surface area contributed by atoms with Crippen LogP contribution in [0.1, 0.15) is 57.8 Å². The molecule has 0 radical (unpaired) electrons. The molecule has 0 atom stereocenters. The molecular weight excluding hydrogens is 457 g/mol. The molecular formula is C19H38IN5S. The van der Waals surface area contributed by atoms with Crippen molar-refractivity contribution in [3.05, 3.63) is 16.1 Å². The Morgan fingerprint density at radius 1 is 1.19 bits per heavy atom. The number of aliphatic imine (C=N–C) groups is 1. The molecule has 5 nitrogen and oxygen atoms in total. The van der Waals surface area contributed by atoms with Crippen molar-refractivity contribution in [2.75, 3.05) is 26.2 Å². The van der Waals surface area contributed by atoms with Crippen molar-refractivity contribution in [1.82, 2.24) is 20.5 Å². The van der Waals surface area contributed by atoms with Gasteiger partial charge in [0.2, 0.25) is 0 Å². The van der Waals surface area contributed by atoms with Gasteiger partial charge >= 0.3 is 0 Å². The molecule has 1 aromatic rings. The number of aromatic nitrogens is 1. The molecule has 7 heteroatoms. The van der Waals surface area contributed by atoms with Gasteiger partial charge in [0, 0.05) is 55.8 Å². The molecule has 0 aromatic carbocycles. The van der Waals surface area contributed by atoms with Crippen LogP contribution in [-0.2, 0) is 12.8 Å². The smallest absolute Gasteiger partial charge is 0.191 e. The van der Waals surface area contributed by atoms with Crippen molar-refractivity contribution in [3.63, 3.8) is 0 Å². The maximum Gasteiger partial charge on any atom is 0.191 e. The standard InChI is InChI=1S/C19H37N5S.HI/c1-7-17-14-23-18(25-17)10-12-22-19(20-8-2)21-11-9-13-24(15(3)4)16(5)6;/h14-16H,7-13H2,1-6H3,(H2,20,21,22);1H. The van der Waals surface area contributed by atoms with Crippen molar-refractivity contribution in [1.29, 1.82) is 0 Å². The summed E-state index contributed by atoms with van der Waals surface area (Å²) >= 11 is 1.81. The van der Waals surface area contributed by atoms with Crippen molar-refractivity contribution in [2.45, 2.75) is 72.9 Å². The molecule has 0 saturated carbocycles. The van der Waals surface area contributed by atoms with Crippen LogP contribution in [0.5, 0.6) is 0 Å². The number of guanidine groups is 1. The maximum absolute atomic E-state index is 4.71. The normalized spacial score (nSPS) is 12.0. The van der Waals surface area contributed by atoms with Crippen LogP contribution in [-0.4, -0.2) is 54.1 Å². The molecule has 0 unspecified atom stereocenters. The Morgan fingerprint density at radius 3 is 2.42 bits per heavy atom. The predicted octanol–water partition coefficient (Wildman–Crippen LogP) is 3.93. The average Bonchev–Trinajstić information content (AvgIpc) is 3.01. The number of hydrogen-bond donors (Lipinski definition) is 2. The highest BCUT2D eigenvalue weighted by Crippen LogP contribution is 2.13. The largest absolute Gasteiger partial charge is 0.357 e. The molecule has 0 aliphatic rings. The second-order valence-electron chi connectivity index (χ2n) is 6.79. The summed E-state index contributed by atoms with van der Waals surface area (Å²) in [5, 5.41) is 7.95. The van der Waals surface area contributed by atoms with E-state index in [-0.39, 0.29) is 24.0 Å². The van der Waals surface area contributed by atoms with E-state index < -0.39 is 0 Å². The Balaban J connectivity index is 0.00000625. The lowest BCUT2D eigenvalue weighted by atomic mass is 10.2. The number of halogens is 1. The van der Waals surface area contributed by atoms with Crippen LogP contribution in [0.3, 0.4) is 0 Å². The zero-order valence-electron chi connectivity index (χ0n) is 17.3. The Morgan fingerprint density at radius 2 is 1.88 bits per heavy atom. The Hall–Kier alpha value is -0.410. The van der Waals surface area contributed by atoms with Gasteiger partial charge in [-0.2, -0.15) is 0 Å². The minimum atomic E-state index is 0. The van der Waals surface area contributed by atoms with Crippen LogP contribution in [0.4, 0.5) is 0 Å². The third kappa shape index (κ3) is 10.1. The molecule has 0 aliphatic carbocycles. The van der Waals surface area contributed by atoms with E-state index in [0.717, 1.165) is 51.4 Å². The summed E-state index contributed by atoms with van der Waals surface area (Å²) in [6.07, 6.45) is 5.09. The first-order valence-electron chi connectivity index (χ1n) is 9.69. The molecule has 2 N–H and O–H groups in total. The van der Waals surface area contributed by atoms with Crippen LogP contribution in [0, 0.1) is 0 Å². The number of thiazole rings is 1. The molecule has 0 spiro atoms. The average molecular weight is 496 g/mol. The highest BCUT2D eigenvalue weighted by Gasteiger charge is 2.12. The van der Waals surface area contributed by atoms with Gasteiger partial charge in [-0.05, 0) is 47.5 Å². The fourth-order valence-corrected chi connectivity index (χ4v) is 3.68. The number of aryl methyl sites for hydroxylation is 1. The fourth-order valence-electron chi connectivity index (χ4n) is 2.81. The summed E-state index contributed by atoms with van der Waals surface area (Å²) in [5.74, 6) is 0.912. The summed E-state index contributed by atoms with van der Waals surface area (Å²) in [4.78, 5) is 13.1. The van der Waals surface area contributed by atoms with Gasteiger partial charge in [0.05, 0.1) is 5.01 Å². The second kappa shape index (κ2) is 14.6. The molecule has 1 aromatic heterocycles. The highest BCUT2D eigenvalue weighted by atomic mass is 127. The molecule has 0 bridgehead atoms. The van der Waals surface area contributed by atoms with Gasteiger partial charge in [-0.25, -0.2) is 4.98 Å². The number of hydrogen-bond acceptors (Lipinski definition) is 4. The van der Waals surface area contributed by atoms with E-state index in [9.17, 15) is 0 Å². The monoisotopic (exact) mass is 495 g/mol. The third-order valence-corrected chi connectivity index (χ3v) is 5.30. The fraction of sp³-hybridized carbons (Fsp3) is 0.789. The van der Waals surface area contributed by atoms with Gasteiger partial charge < -0.3 is 10.6 Å². The Labute approximate surface area is 181 Å². The second-order valence-corrected chi connectivity index (χ2v) is 7.99. The molecule has 0 amide bonds. The lowest BCUT2D eigenvalue weighted by Crippen LogP contribution is -2.39. The van der Waals surface area contributed by atoms with Crippen molar-refractivity contribution in [2.24, 2.45) is 4.99 Å². The van der Waals surface area contributed by atoms with E-state index in [4.69, 9.17) is 4.99 Å². The molecule has 26 heavy (non-hydrogen) atoms. The minimum Gasteiger partial charge on any atom is -0.357 e. The van der Waals surface area contributed by atoms with Crippen LogP contribution in [0.2, 0.25) is 0 Å². The van der Waals surface area contributed by atoms with Crippen LogP contribution in [0.15, 0.2) is 11.2 Å². The van der Waals surface area contributed by atoms with E-state index in [1.54, 1.807) is 0 Å². The van der Waals surface area contributed by atoms with E-state index in [0.29, 0.717) is 12.1 Å². The predicted molar refractivity (Wildman–Crippen MR) is 126 cm³/mol. The summed E-state index contributed by atoms with van der Waals surface area (Å²) in [6, 6.07) is 1.17. The van der Waals surface area contributed by atoms with Gasteiger partial charge in [0.1, 0.15) is 0 Å². The number of nitrogens with zero attached hydrogens (tertiary/aromatic N) is 3. The topological polar surface area (TPSA) is 52.6 Å². The summed E-state index contributed by atoms with van der Waals surface area (Å²) in [6.45, 7) is 17.0. The Bertz CT molecular complexity index is 494. The van der Waals surface area contributed by atoms with Gasteiger partial charge in [-0.15, -0.1) is 35.3 Å². The molecule has 1 rings (SSSR count). The minimum absolute atomic E-state index is 0. The van der Waals surface area contributed by atoms with Crippen molar-refractivity contribution in [3.8, 4) is 0 Å². The SMILES string of the molecule is CCNC(=NCCCN(C(C)C)C(C)C)NCCc1ncc(CC)s1.I.